The summed E-state index contributed by atoms with van der Waals surface area (Å²) in [6.07, 6.45) is 5.20. The topological polar surface area (TPSA) is 52.6 Å². The van der Waals surface area contributed by atoms with Crippen LogP contribution in [0.15, 0.2) is 10.4 Å². The Morgan fingerprint density at radius 1 is 1.38 bits per heavy atom. The molecule has 1 unspecified atom stereocenters. The van der Waals surface area contributed by atoms with Gasteiger partial charge in [0.2, 0.25) is 0 Å². The highest BCUT2D eigenvalue weighted by Gasteiger charge is 2.15. The molecule has 150 valence electrons. The van der Waals surface area contributed by atoms with Crippen molar-refractivity contribution in [2.24, 2.45) is 10.9 Å². The zero-order valence-corrected chi connectivity index (χ0v) is 19.9. The average molecular weight is 494 g/mol. The van der Waals surface area contributed by atoms with Crippen molar-refractivity contribution < 1.29 is 0 Å². The lowest BCUT2D eigenvalue weighted by Gasteiger charge is -2.30. The second-order valence-corrected chi connectivity index (χ2v) is 8.37. The van der Waals surface area contributed by atoms with Gasteiger partial charge in [-0.2, -0.15) is 0 Å². The van der Waals surface area contributed by atoms with Crippen LogP contribution in [-0.2, 0) is 6.54 Å². The zero-order chi connectivity index (χ0) is 18.1. The Bertz CT molecular complexity index is 532. The molecule has 7 heteroatoms. The molecule has 0 radical (unpaired) electrons. The molecule has 1 aromatic heterocycles. The van der Waals surface area contributed by atoms with Crippen molar-refractivity contribution in [2.45, 2.75) is 58.9 Å². The molecule has 0 spiro atoms. The Morgan fingerprint density at radius 2 is 2.19 bits per heavy atom. The van der Waals surface area contributed by atoms with Crippen LogP contribution in [0.2, 0.25) is 0 Å². The predicted molar refractivity (Wildman–Crippen MR) is 124 cm³/mol. The Hall–Kier alpha value is -0.410. The largest absolute Gasteiger partial charge is 0.356 e. The third kappa shape index (κ3) is 8.52. The number of piperidine rings is 1. The second kappa shape index (κ2) is 12.9. The van der Waals surface area contributed by atoms with Crippen molar-refractivity contribution in [3.05, 3.63) is 16.1 Å². The number of aliphatic imine (C=N–C) groups is 1. The molecule has 1 aromatic rings. The van der Waals surface area contributed by atoms with E-state index in [2.05, 4.69) is 51.7 Å². The van der Waals surface area contributed by atoms with Crippen LogP contribution in [0.4, 0.5) is 0 Å². The van der Waals surface area contributed by atoms with Crippen LogP contribution in [-0.4, -0.2) is 49.1 Å². The van der Waals surface area contributed by atoms with E-state index in [1.165, 1.54) is 51.0 Å². The number of unbranched alkanes of at least 4 members (excludes halogenated alkanes) is 1. The molecule has 5 nitrogen and oxygen atoms in total. The monoisotopic (exact) mass is 493 g/mol. The van der Waals surface area contributed by atoms with E-state index in [1.807, 2.05) is 7.05 Å². The lowest BCUT2D eigenvalue weighted by molar-refractivity contribution is 0.181. The minimum Gasteiger partial charge on any atom is -0.356 e. The number of nitrogens with one attached hydrogen (secondary N) is 2. The smallest absolute Gasteiger partial charge is 0.191 e. The molecule has 0 aliphatic carbocycles. The third-order valence-corrected chi connectivity index (χ3v) is 5.59. The van der Waals surface area contributed by atoms with E-state index in [0.29, 0.717) is 5.92 Å². The SMILES string of the molecule is CN=C(NCCCCN1CCCC(C)C1)NCc1nc(C(C)C)cs1.I. The summed E-state index contributed by atoms with van der Waals surface area (Å²) in [5, 5.41) is 10.0. The van der Waals surface area contributed by atoms with Crippen molar-refractivity contribution in [1.82, 2.24) is 20.5 Å². The number of nitrogens with zero attached hydrogens (tertiary/aromatic N) is 3. The van der Waals surface area contributed by atoms with Gasteiger partial charge < -0.3 is 15.5 Å². The number of likely N-dealkylation sites (tertiary alicyclic amines) is 1. The molecule has 2 N–H and O–H groups in total. The van der Waals surface area contributed by atoms with Gasteiger partial charge in [-0.3, -0.25) is 4.99 Å². The summed E-state index contributed by atoms with van der Waals surface area (Å²) in [4.78, 5) is 11.6. The fourth-order valence-electron chi connectivity index (χ4n) is 3.21. The first-order valence-electron chi connectivity index (χ1n) is 9.69. The van der Waals surface area contributed by atoms with Crippen molar-refractivity contribution in [1.29, 1.82) is 0 Å². The molecule has 0 aromatic carbocycles. The van der Waals surface area contributed by atoms with E-state index in [4.69, 9.17) is 0 Å². The highest BCUT2D eigenvalue weighted by atomic mass is 127. The first-order chi connectivity index (χ1) is 12.1. The minimum absolute atomic E-state index is 0. The van der Waals surface area contributed by atoms with Crippen LogP contribution < -0.4 is 10.6 Å². The van der Waals surface area contributed by atoms with Crippen LogP contribution in [0, 0.1) is 5.92 Å². The molecule has 1 saturated heterocycles. The fourth-order valence-corrected chi connectivity index (χ4v) is 4.10. The molecule has 2 rings (SSSR count). The lowest BCUT2D eigenvalue weighted by Crippen LogP contribution is -2.38. The van der Waals surface area contributed by atoms with E-state index < -0.39 is 0 Å². The molecular formula is C19H36IN5S. The van der Waals surface area contributed by atoms with Gasteiger partial charge in [0.1, 0.15) is 5.01 Å². The van der Waals surface area contributed by atoms with Crippen molar-refractivity contribution >= 4 is 41.3 Å². The first-order valence-corrected chi connectivity index (χ1v) is 10.6. The van der Waals surface area contributed by atoms with Crippen LogP contribution >= 0.6 is 35.3 Å². The number of guanidine groups is 1. The molecule has 1 fully saturated rings. The van der Waals surface area contributed by atoms with E-state index >= 15 is 0 Å². The average Bonchev–Trinajstić information content (AvgIpc) is 3.06. The molecule has 1 aliphatic heterocycles. The second-order valence-electron chi connectivity index (χ2n) is 7.43. The summed E-state index contributed by atoms with van der Waals surface area (Å²) >= 11 is 1.72. The Morgan fingerprint density at radius 3 is 2.85 bits per heavy atom. The number of aromatic nitrogens is 1. The summed E-state index contributed by atoms with van der Waals surface area (Å²) in [6.45, 7) is 12.2. The van der Waals surface area contributed by atoms with Crippen molar-refractivity contribution in [3.63, 3.8) is 0 Å². The molecular weight excluding hydrogens is 457 g/mol. The fraction of sp³-hybridized carbons (Fsp3) is 0.789. The summed E-state index contributed by atoms with van der Waals surface area (Å²) in [5.74, 6) is 2.23. The van der Waals surface area contributed by atoms with E-state index in [-0.39, 0.29) is 24.0 Å². The molecule has 2 heterocycles. The van der Waals surface area contributed by atoms with Crippen LogP contribution in [0.3, 0.4) is 0 Å². The van der Waals surface area contributed by atoms with Gasteiger partial charge in [-0.1, -0.05) is 20.8 Å². The van der Waals surface area contributed by atoms with Gasteiger partial charge in [0.25, 0.3) is 0 Å². The summed E-state index contributed by atoms with van der Waals surface area (Å²) in [5.41, 5.74) is 1.18. The van der Waals surface area contributed by atoms with Crippen molar-refractivity contribution in [2.75, 3.05) is 33.2 Å². The summed E-state index contributed by atoms with van der Waals surface area (Å²) < 4.78 is 0. The maximum absolute atomic E-state index is 4.65. The maximum atomic E-state index is 4.65. The molecule has 1 atom stereocenters. The number of thiazole rings is 1. The van der Waals surface area contributed by atoms with E-state index in [9.17, 15) is 0 Å². The quantitative estimate of drug-likeness (QED) is 0.248. The first kappa shape index (κ1) is 23.6. The normalized spacial score (nSPS) is 18.7. The van der Waals surface area contributed by atoms with E-state index in [0.717, 1.165) is 30.0 Å². The lowest BCUT2D eigenvalue weighted by atomic mass is 10.0. The zero-order valence-electron chi connectivity index (χ0n) is 16.8. The number of hydrogen-bond donors (Lipinski definition) is 2. The van der Waals surface area contributed by atoms with Crippen molar-refractivity contribution in [3.8, 4) is 0 Å². The van der Waals surface area contributed by atoms with Gasteiger partial charge >= 0.3 is 0 Å². The Balaban J connectivity index is 0.00000338. The van der Waals surface area contributed by atoms with Gasteiger partial charge in [0.15, 0.2) is 5.96 Å². The van der Waals surface area contributed by atoms with Crippen LogP contribution in [0.1, 0.15) is 63.1 Å². The highest BCUT2D eigenvalue weighted by molar-refractivity contribution is 14.0. The van der Waals surface area contributed by atoms with Gasteiger partial charge in [-0.25, -0.2) is 4.98 Å². The van der Waals surface area contributed by atoms with Gasteiger partial charge in [0, 0.05) is 25.5 Å². The Labute approximate surface area is 180 Å². The van der Waals surface area contributed by atoms with Gasteiger partial charge in [-0.05, 0) is 50.6 Å². The highest BCUT2D eigenvalue weighted by Crippen LogP contribution is 2.17. The molecule has 26 heavy (non-hydrogen) atoms. The number of hydrogen-bond acceptors (Lipinski definition) is 4. The predicted octanol–water partition coefficient (Wildman–Crippen LogP) is 4.06. The Kier molecular flexibility index (Phi) is 11.7. The number of halogens is 1. The molecule has 0 saturated carbocycles. The molecule has 0 amide bonds. The summed E-state index contributed by atoms with van der Waals surface area (Å²) in [7, 11) is 1.83. The van der Waals surface area contributed by atoms with E-state index in [1.54, 1.807) is 11.3 Å². The van der Waals surface area contributed by atoms with Crippen LogP contribution in [0.25, 0.3) is 0 Å². The standard InChI is InChI=1S/C19H35N5S.HI/c1-15(2)17-14-25-18(23-17)12-22-19(20-4)21-9-5-6-10-24-11-7-8-16(3)13-24;/h14-16H,5-13H2,1-4H3,(H2,20,21,22);1H. The van der Waals surface area contributed by atoms with Crippen LogP contribution in [0.5, 0.6) is 0 Å². The number of rotatable bonds is 8. The molecule has 0 bridgehead atoms. The third-order valence-electron chi connectivity index (χ3n) is 4.73. The summed E-state index contributed by atoms with van der Waals surface area (Å²) in [6, 6.07) is 0. The maximum Gasteiger partial charge on any atom is 0.191 e. The minimum atomic E-state index is 0. The van der Waals surface area contributed by atoms with Gasteiger partial charge in [0.05, 0.1) is 12.2 Å². The van der Waals surface area contributed by atoms with Gasteiger partial charge in [-0.15, -0.1) is 35.3 Å². The molecule has 1 aliphatic rings.